The lowest BCUT2D eigenvalue weighted by Gasteiger charge is -2.07. The molecule has 1 heterocycles. The summed E-state index contributed by atoms with van der Waals surface area (Å²) in [6.07, 6.45) is 5.23. The smallest absolute Gasteiger partial charge is 0.242 e. The van der Waals surface area contributed by atoms with Crippen LogP contribution in [0.2, 0.25) is 0 Å². The van der Waals surface area contributed by atoms with Crippen LogP contribution in [0, 0.1) is 17.8 Å². The number of aromatic nitrogens is 1. The van der Waals surface area contributed by atoms with E-state index in [-0.39, 0.29) is 18.0 Å². The Morgan fingerprint density at radius 3 is 2.95 bits per heavy atom. The van der Waals surface area contributed by atoms with Gasteiger partial charge in [0.15, 0.2) is 0 Å². The Kier molecular flexibility index (Phi) is 5.70. The van der Waals surface area contributed by atoms with E-state index in [2.05, 4.69) is 21.5 Å². The number of hydrogen-bond acceptors (Lipinski definition) is 5. The quantitative estimate of drug-likeness (QED) is 0.550. The molecule has 1 aliphatic carbocycles. The largest absolute Gasteiger partial charge is 0.380 e. The van der Waals surface area contributed by atoms with Gasteiger partial charge in [-0.05, 0) is 24.8 Å². The molecule has 0 saturated heterocycles. The molecular weight excluding hydrogens is 290 g/mol. The summed E-state index contributed by atoms with van der Waals surface area (Å²) < 4.78 is 32.1. The maximum atomic E-state index is 12.1. The minimum absolute atomic E-state index is 0.0912. The van der Waals surface area contributed by atoms with Crippen molar-refractivity contribution >= 4 is 10.0 Å². The normalized spacial score (nSPS) is 14.5. The third kappa shape index (κ3) is 5.44. The van der Waals surface area contributed by atoms with Crippen LogP contribution < -0.4 is 10.5 Å². The molecule has 0 bridgehead atoms. The first-order valence-corrected chi connectivity index (χ1v) is 8.31. The Morgan fingerprint density at radius 1 is 1.43 bits per heavy atom. The maximum Gasteiger partial charge on any atom is 0.242 e. The van der Waals surface area contributed by atoms with Crippen LogP contribution in [0.5, 0.6) is 0 Å². The van der Waals surface area contributed by atoms with Crippen molar-refractivity contribution in [1.29, 1.82) is 0 Å². The van der Waals surface area contributed by atoms with Gasteiger partial charge in [-0.15, -0.1) is 0 Å². The molecule has 0 atom stereocenters. The van der Waals surface area contributed by atoms with Gasteiger partial charge >= 0.3 is 0 Å². The fraction of sp³-hybridized carbons (Fsp3) is 0.500. The molecule has 1 aromatic heterocycles. The molecule has 1 aliphatic rings. The minimum atomic E-state index is -3.58. The molecule has 114 valence electrons. The molecule has 1 saturated carbocycles. The SMILES string of the molecule is NCC#Cc1cncc(S(=O)(=O)NCCOCC2CC2)c1. The topological polar surface area (TPSA) is 94.3 Å². The monoisotopic (exact) mass is 309 g/mol. The number of nitrogens with one attached hydrogen (secondary N) is 1. The lowest BCUT2D eigenvalue weighted by Crippen LogP contribution is -2.27. The van der Waals surface area contributed by atoms with E-state index in [1.54, 1.807) is 0 Å². The Labute approximate surface area is 125 Å². The van der Waals surface area contributed by atoms with Crippen molar-refractivity contribution in [2.75, 3.05) is 26.3 Å². The number of rotatable bonds is 7. The average molecular weight is 309 g/mol. The zero-order chi connectivity index (χ0) is 15.1. The fourth-order valence-electron chi connectivity index (χ4n) is 1.65. The Hall–Kier alpha value is -1.46. The van der Waals surface area contributed by atoms with Crippen LogP contribution in [-0.4, -0.2) is 39.7 Å². The molecule has 0 amide bonds. The van der Waals surface area contributed by atoms with Crippen LogP contribution in [0.15, 0.2) is 23.4 Å². The van der Waals surface area contributed by atoms with Gasteiger partial charge in [0, 0.05) is 31.1 Å². The van der Waals surface area contributed by atoms with Gasteiger partial charge in [0.2, 0.25) is 10.0 Å². The molecule has 0 aromatic carbocycles. The molecule has 1 aromatic rings. The highest BCUT2D eigenvalue weighted by molar-refractivity contribution is 7.89. The van der Waals surface area contributed by atoms with Crippen LogP contribution in [0.3, 0.4) is 0 Å². The van der Waals surface area contributed by atoms with Crippen molar-refractivity contribution < 1.29 is 13.2 Å². The lowest BCUT2D eigenvalue weighted by atomic mass is 10.3. The predicted octanol–water partition coefficient (Wildman–Crippen LogP) is 0.0967. The molecule has 3 N–H and O–H groups in total. The summed E-state index contributed by atoms with van der Waals surface area (Å²) in [6.45, 7) is 1.55. The van der Waals surface area contributed by atoms with Crippen molar-refractivity contribution in [3.63, 3.8) is 0 Å². The van der Waals surface area contributed by atoms with Crippen molar-refractivity contribution in [2.45, 2.75) is 17.7 Å². The van der Waals surface area contributed by atoms with Crippen LogP contribution in [0.25, 0.3) is 0 Å². The van der Waals surface area contributed by atoms with Gasteiger partial charge in [-0.2, -0.15) is 0 Å². The molecule has 0 aliphatic heterocycles. The Balaban J connectivity index is 1.88. The zero-order valence-electron chi connectivity index (χ0n) is 11.7. The Morgan fingerprint density at radius 2 is 2.24 bits per heavy atom. The summed E-state index contributed by atoms with van der Waals surface area (Å²) >= 11 is 0. The standard InChI is InChI=1S/C14H19N3O3S/c15-5-1-2-13-8-14(10-16-9-13)21(18,19)17-6-7-20-11-12-3-4-12/h8-10,12,17H,3-7,11,15H2. The number of ether oxygens (including phenoxy) is 1. The van der Waals surface area contributed by atoms with Gasteiger partial charge < -0.3 is 10.5 Å². The van der Waals surface area contributed by atoms with Crippen molar-refractivity contribution in [1.82, 2.24) is 9.71 Å². The van der Waals surface area contributed by atoms with E-state index in [0.717, 1.165) is 0 Å². The van der Waals surface area contributed by atoms with Crippen LogP contribution in [-0.2, 0) is 14.8 Å². The lowest BCUT2D eigenvalue weighted by molar-refractivity contribution is 0.129. The van der Waals surface area contributed by atoms with E-state index in [1.807, 2.05) is 0 Å². The molecule has 6 nitrogen and oxygen atoms in total. The molecule has 0 unspecified atom stereocenters. The van der Waals surface area contributed by atoms with Crippen LogP contribution >= 0.6 is 0 Å². The van der Waals surface area contributed by atoms with Gasteiger partial charge in [0.05, 0.1) is 13.2 Å². The van der Waals surface area contributed by atoms with Gasteiger partial charge in [-0.1, -0.05) is 11.8 Å². The second-order valence-electron chi connectivity index (χ2n) is 4.83. The first kappa shape index (κ1) is 15.9. The summed E-state index contributed by atoms with van der Waals surface area (Å²) in [6, 6.07) is 1.48. The van der Waals surface area contributed by atoms with E-state index >= 15 is 0 Å². The van der Waals surface area contributed by atoms with E-state index in [9.17, 15) is 8.42 Å². The highest BCUT2D eigenvalue weighted by atomic mass is 32.2. The van der Waals surface area contributed by atoms with Gasteiger partial charge in [0.1, 0.15) is 4.90 Å². The fourth-order valence-corrected chi connectivity index (χ4v) is 2.65. The zero-order valence-corrected chi connectivity index (χ0v) is 12.5. The van der Waals surface area contributed by atoms with E-state index in [0.29, 0.717) is 24.7 Å². The first-order chi connectivity index (χ1) is 10.1. The molecule has 21 heavy (non-hydrogen) atoms. The van der Waals surface area contributed by atoms with E-state index < -0.39 is 10.0 Å². The summed E-state index contributed by atoms with van der Waals surface area (Å²) in [5.74, 6) is 6.09. The summed E-state index contributed by atoms with van der Waals surface area (Å²) in [4.78, 5) is 3.98. The van der Waals surface area contributed by atoms with Crippen molar-refractivity contribution in [2.24, 2.45) is 11.7 Å². The number of nitrogens with two attached hydrogens (primary N) is 1. The summed E-state index contributed by atoms with van der Waals surface area (Å²) in [7, 11) is -3.58. The van der Waals surface area contributed by atoms with Crippen LogP contribution in [0.4, 0.5) is 0 Å². The minimum Gasteiger partial charge on any atom is -0.380 e. The molecule has 7 heteroatoms. The second-order valence-corrected chi connectivity index (χ2v) is 6.60. The summed E-state index contributed by atoms with van der Waals surface area (Å²) in [5.41, 5.74) is 5.80. The van der Waals surface area contributed by atoms with Gasteiger partial charge in [-0.3, -0.25) is 4.98 Å². The summed E-state index contributed by atoms with van der Waals surface area (Å²) in [5, 5.41) is 0. The average Bonchev–Trinajstić information content (AvgIpc) is 3.29. The highest BCUT2D eigenvalue weighted by Crippen LogP contribution is 2.28. The third-order valence-corrected chi connectivity index (χ3v) is 4.38. The third-order valence-electron chi connectivity index (χ3n) is 2.95. The Bertz CT molecular complexity index is 630. The van der Waals surface area contributed by atoms with Crippen molar-refractivity contribution in [3.05, 3.63) is 24.0 Å². The highest BCUT2D eigenvalue weighted by Gasteiger charge is 2.21. The van der Waals surface area contributed by atoms with E-state index in [4.69, 9.17) is 10.5 Å². The van der Waals surface area contributed by atoms with E-state index in [1.165, 1.54) is 31.3 Å². The maximum absolute atomic E-state index is 12.1. The number of nitrogens with zero attached hydrogens (tertiary/aromatic N) is 1. The molecule has 0 radical (unpaired) electrons. The predicted molar refractivity (Wildman–Crippen MR) is 78.9 cm³/mol. The van der Waals surface area contributed by atoms with Crippen molar-refractivity contribution in [3.8, 4) is 11.8 Å². The molecule has 1 fully saturated rings. The first-order valence-electron chi connectivity index (χ1n) is 6.83. The molecule has 0 spiro atoms. The second kappa shape index (κ2) is 7.52. The number of sulfonamides is 1. The molecular formula is C14H19N3O3S. The molecule has 2 rings (SSSR count). The van der Waals surface area contributed by atoms with Gasteiger partial charge in [0.25, 0.3) is 0 Å². The number of hydrogen-bond donors (Lipinski definition) is 2. The number of pyridine rings is 1. The van der Waals surface area contributed by atoms with Crippen LogP contribution in [0.1, 0.15) is 18.4 Å². The van der Waals surface area contributed by atoms with Gasteiger partial charge in [-0.25, -0.2) is 13.1 Å².